The van der Waals surface area contributed by atoms with E-state index in [-0.39, 0.29) is 0 Å². The molecule has 0 fully saturated rings. The van der Waals surface area contributed by atoms with Gasteiger partial charge in [-0.3, -0.25) is 0 Å². The van der Waals surface area contributed by atoms with E-state index in [1.807, 2.05) is 0 Å². The second-order valence-corrected chi connectivity index (χ2v) is 8.93. The van der Waals surface area contributed by atoms with Gasteiger partial charge in [0.2, 0.25) is 0 Å². The molecule has 1 atom stereocenters. The molecule has 1 heteroatoms. The minimum absolute atomic E-state index is 0.507. The fraction of sp³-hybridized carbons (Fsp3) is 0.125. The van der Waals surface area contributed by atoms with E-state index in [1.165, 1.54) is 32.8 Å². The Hall–Kier alpha value is -3.84. The van der Waals surface area contributed by atoms with Crippen molar-refractivity contribution in [3.63, 3.8) is 0 Å². The number of benzene rings is 5. The van der Waals surface area contributed by atoms with Crippen LogP contribution in [0.25, 0.3) is 55.0 Å². The molecule has 1 unspecified atom stereocenters. The van der Waals surface area contributed by atoms with Gasteiger partial charge >= 0.3 is 0 Å². The largest absolute Gasteiger partial charge is 0.455 e. The predicted molar refractivity (Wildman–Crippen MR) is 141 cm³/mol. The molecule has 0 amide bonds. The van der Waals surface area contributed by atoms with Gasteiger partial charge in [0.15, 0.2) is 0 Å². The number of furan rings is 1. The van der Waals surface area contributed by atoms with Crippen molar-refractivity contribution in [1.82, 2.24) is 0 Å². The maximum Gasteiger partial charge on any atom is 0.143 e. The van der Waals surface area contributed by atoms with Gasteiger partial charge in [-0.15, -0.1) is 0 Å². The van der Waals surface area contributed by atoms with E-state index in [0.717, 1.165) is 34.1 Å². The van der Waals surface area contributed by atoms with Gasteiger partial charge in [-0.25, -0.2) is 0 Å². The zero-order chi connectivity index (χ0) is 22.4. The average molecular weight is 427 g/mol. The fourth-order valence-electron chi connectivity index (χ4n) is 4.95. The Morgan fingerprint density at radius 1 is 0.606 bits per heavy atom. The van der Waals surface area contributed by atoms with Gasteiger partial charge < -0.3 is 4.42 Å². The summed E-state index contributed by atoms with van der Waals surface area (Å²) in [6, 6.07) is 36.9. The molecular weight excluding hydrogens is 400 g/mol. The van der Waals surface area contributed by atoms with Crippen LogP contribution in [-0.4, -0.2) is 0 Å². The van der Waals surface area contributed by atoms with Crippen LogP contribution < -0.4 is 0 Å². The Morgan fingerprint density at radius 3 is 2.00 bits per heavy atom. The van der Waals surface area contributed by atoms with Crippen LogP contribution in [0.15, 0.2) is 108 Å². The van der Waals surface area contributed by atoms with Crippen molar-refractivity contribution in [2.45, 2.75) is 26.2 Å². The van der Waals surface area contributed by atoms with Crippen molar-refractivity contribution in [3.05, 3.63) is 109 Å². The van der Waals surface area contributed by atoms with Crippen LogP contribution in [0.3, 0.4) is 0 Å². The van der Waals surface area contributed by atoms with Gasteiger partial charge in [0.05, 0.1) is 0 Å². The molecule has 0 spiro atoms. The summed E-state index contributed by atoms with van der Waals surface area (Å²) in [4.78, 5) is 0. The van der Waals surface area contributed by atoms with Crippen molar-refractivity contribution in [3.8, 4) is 22.3 Å². The van der Waals surface area contributed by atoms with Gasteiger partial charge in [-0.1, -0.05) is 117 Å². The molecule has 33 heavy (non-hydrogen) atoms. The molecule has 0 bridgehead atoms. The summed E-state index contributed by atoms with van der Waals surface area (Å²) in [5.74, 6) is 0.507. The average Bonchev–Trinajstić information content (AvgIpc) is 3.27. The number of para-hydroxylation sites is 2. The number of hydrogen-bond acceptors (Lipinski definition) is 1. The zero-order valence-electron chi connectivity index (χ0n) is 19.0. The molecule has 5 aromatic carbocycles. The van der Waals surface area contributed by atoms with Crippen LogP contribution in [0, 0.1) is 0 Å². The van der Waals surface area contributed by atoms with Crippen LogP contribution in [-0.2, 0) is 0 Å². The first-order valence-electron chi connectivity index (χ1n) is 11.8. The quantitative estimate of drug-likeness (QED) is 0.273. The fourth-order valence-corrected chi connectivity index (χ4v) is 4.95. The van der Waals surface area contributed by atoms with Crippen molar-refractivity contribution >= 4 is 32.7 Å². The highest BCUT2D eigenvalue weighted by atomic mass is 16.3. The smallest absolute Gasteiger partial charge is 0.143 e. The second kappa shape index (κ2) is 7.94. The Morgan fingerprint density at radius 2 is 1.24 bits per heavy atom. The van der Waals surface area contributed by atoms with Crippen molar-refractivity contribution in [1.29, 1.82) is 0 Å². The summed E-state index contributed by atoms with van der Waals surface area (Å²) in [5, 5.41) is 4.87. The highest BCUT2D eigenvalue weighted by molar-refractivity contribution is 6.14. The normalized spacial score (nSPS) is 12.5. The highest BCUT2D eigenvalue weighted by Gasteiger charge is 2.17. The predicted octanol–water partition coefficient (Wildman–Crippen LogP) is 9.59. The number of rotatable bonds is 4. The highest BCUT2D eigenvalue weighted by Crippen LogP contribution is 2.42. The standard InChI is InChI=1S/C32H26O/c1-3-21(2)24-19-23-13-7-8-14-25(23)30(20-24)29-18-10-17-28-27-16-9-15-26(31(27)33-32(28)29)22-11-5-4-6-12-22/h4-21H,3H2,1-2H3. The van der Waals surface area contributed by atoms with Crippen molar-refractivity contribution in [2.24, 2.45) is 0 Å². The molecule has 1 heterocycles. The molecule has 0 radical (unpaired) electrons. The van der Waals surface area contributed by atoms with E-state index in [9.17, 15) is 0 Å². The molecule has 1 nitrogen and oxygen atoms in total. The third-order valence-corrected chi connectivity index (χ3v) is 6.96. The summed E-state index contributed by atoms with van der Waals surface area (Å²) in [5.41, 5.74) is 8.00. The Balaban J connectivity index is 1.67. The second-order valence-electron chi connectivity index (χ2n) is 8.93. The Labute approximate surface area is 194 Å². The van der Waals surface area contributed by atoms with Gasteiger partial charge in [0.25, 0.3) is 0 Å². The van der Waals surface area contributed by atoms with Crippen LogP contribution in [0.1, 0.15) is 31.7 Å². The topological polar surface area (TPSA) is 13.1 Å². The minimum Gasteiger partial charge on any atom is -0.455 e. The van der Waals surface area contributed by atoms with E-state index < -0.39 is 0 Å². The van der Waals surface area contributed by atoms with Gasteiger partial charge in [0, 0.05) is 21.9 Å². The first kappa shape index (κ1) is 19.8. The van der Waals surface area contributed by atoms with E-state index in [4.69, 9.17) is 4.42 Å². The Bertz CT molecular complexity index is 1600. The third-order valence-electron chi connectivity index (χ3n) is 6.96. The van der Waals surface area contributed by atoms with E-state index in [0.29, 0.717) is 5.92 Å². The molecular formula is C32H26O. The number of fused-ring (bicyclic) bond motifs is 4. The summed E-state index contributed by atoms with van der Waals surface area (Å²) in [7, 11) is 0. The monoisotopic (exact) mass is 426 g/mol. The van der Waals surface area contributed by atoms with E-state index in [2.05, 4.69) is 117 Å². The van der Waals surface area contributed by atoms with Gasteiger partial charge in [-0.05, 0) is 39.8 Å². The lowest BCUT2D eigenvalue weighted by atomic mass is 9.89. The molecule has 160 valence electrons. The van der Waals surface area contributed by atoms with Crippen molar-refractivity contribution < 1.29 is 4.42 Å². The molecule has 0 N–H and O–H groups in total. The first-order chi connectivity index (χ1) is 16.2. The zero-order valence-corrected chi connectivity index (χ0v) is 19.0. The molecule has 0 aliphatic rings. The first-order valence-corrected chi connectivity index (χ1v) is 11.8. The van der Waals surface area contributed by atoms with E-state index in [1.54, 1.807) is 0 Å². The lowest BCUT2D eigenvalue weighted by Gasteiger charge is -2.15. The maximum absolute atomic E-state index is 6.70. The van der Waals surface area contributed by atoms with Crippen LogP contribution in [0.2, 0.25) is 0 Å². The van der Waals surface area contributed by atoms with Crippen LogP contribution in [0.4, 0.5) is 0 Å². The summed E-state index contributed by atoms with van der Waals surface area (Å²) >= 11 is 0. The lowest BCUT2D eigenvalue weighted by Crippen LogP contribution is -1.93. The summed E-state index contributed by atoms with van der Waals surface area (Å²) in [6.07, 6.45) is 1.12. The minimum atomic E-state index is 0.507. The molecule has 0 aliphatic carbocycles. The third kappa shape index (κ3) is 3.24. The molecule has 0 aliphatic heterocycles. The summed E-state index contributed by atoms with van der Waals surface area (Å²) in [6.45, 7) is 4.56. The maximum atomic E-state index is 6.70. The molecule has 6 rings (SSSR count). The van der Waals surface area contributed by atoms with Gasteiger partial charge in [-0.2, -0.15) is 0 Å². The Kier molecular flexibility index (Phi) is 4.77. The number of hydrogen-bond donors (Lipinski definition) is 0. The van der Waals surface area contributed by atoms with Gasteiger partial charge in [0.1, 0.15) is 11.2 Å². The van der Waals surface area contributed by atoms with Crippen LogP contribution >= 0.6 is 0 Å². The SMILES string of the molecule is CCC(C)c1cc(-c2cccc3c2oc2c(-c4ccccc4)cccc23)c2ccccc2c1. The van der Waals surface area contributed by atoms with Crippen LogP contribution in [0.5, 0.6) is 0 Å². The summed E-state index contributed by atoms with van der Waals surface area (Å²) < 4.78 is 6.70. The van der Waals surface area contributed by atoms with Crippen molar-refractivity contribution in [2.75, 3.05) is 0 Å². The molecule has 1 aromatic heterocycles. The van der Waals surface area contributed by atoms with E-state index >= 15 is 0 Å². The molecule has 6 aromatic rings. The lowest BCUT2D eigenvalue weighted by molar-refractivity contribution is 0.671. The molecule has 0 saturated carbocycles. The molecule has 0 saturated heterocycles.